The topological polar surface area (TPSA) is 35.5 Å². The molecule has 5 heteroatoms. The van der Waals surface area contributed by atoms with Crippen LogP contribution in [-0.4, -0.2) is 5.78 Å². The molecule has 3 aromatic carbocycles. The van der Waals surface area contributed by atoms with Gasteiger partial charge in [-0.15, -0.1) is 0 Å². The monoisotopic (exact) mass is 410 g/mol. The SMILES string of the molecule is Cc1c(OCc2ccccc2Cl)ccc2c1O/C(=C\c1ccccc1Cl)C2=O. The summed E-state index contributed by atoms with van der Waals surface area (Å²) in [5.41, 5.74) is 2.90. The molecule has 0 atom stereocenters. The minimum absolute atomic E-state index is 0.171. The number of rotatable bonds is 4. The third-order valence-electron chi connectivity index (χ3n) is 4.57. The molecule has 1 aliphatic rings. The maximum absolute atomic E-state index is 12.7. The summed E-state index contributed by atoms with van der Waals surface area (Å²) in [6.45, 7) is 2.20. The zero-order valence-corrected chi connectivity index (χ0v) is 16.6. The Hall–Kier alpha value is -2.75. The summed E-state index contributed by atoms with van der Waals surface area (Å²) in [4.78, 5) is 12.7. The van der Waals surface area contributed by atoms with Gasteiger partial charge in [-0.05, 0) is 42.8 Å². The maximum atomic E-state index is 12.7. The average Bonchev–Trinajstić information content (AvgIpc) is 3.01. The molecule has 0 saturated carbocycles. The molecule has 0 unspecified atom stereocenters. The highest BCUT2D eigenvalue weighted by molar-refractivity contribution is 6.32. The van der Waals surface area contributed by atoms with Crippen LogP contribution in [0.3, 0.4) is 0 Å². The summed E-state index contributed by atoms with van der Waals surface area (Å²) in [5.74, 6) is 1.23. The highest BCUT2D eigenvalue weighted by atomic mass is 35.5. The molecule has 0 aromatic heterocycles. The Kier molecular flexibility index (Phi) is 5.12. The predicted octanol–water partition coefficient (Wildman–Crippen LogP) is 6.50. The second-order valence-corrected chi connectivity index (χ2v) is 7.22. The van der Waals surface area contributed by atoms with Crippen molar-refractivity contribution < 1.29 is 14.3 Å². The van der Waals surface area contributed by atoms with Gasteiger partial charge in [-0.3, -0.25) is 4.79 Å². The van der Waals surface area contributed by atoms with E-state index in [0.717, 1.165) is 16.7 Å². The van der Waals surface area contributed by atoms with Crippen molar-refractivity contribution in [3.63, 3.8) is 0 Å². The molecule has 0 spiro atoms. The van der Waals surface area contributed by atoms with Crippen molar-refractivity contribution in [1.82, 2.24) is 0 Å². The lowest BCUT2D eigenvalue weighted by molar-refractivity contribution is 0.101. The quantitative estimate of drug-likeness (QED) is 0.460. The van der Waals surface area contributed by atoms with Gasteiger partial charge < -0.3 is 9.47 Å². The second-order valence-electron chi connectivity index (χ2n) is 6.41. The van der Waals surface area contributed by atoms with Crippen molar-refractivity contribution in [3.05, 3.63) is 98.7 Å². The lowest BCUT2D eigenvalue weighted by atomic mass is 10.1. The number of hydrogen-bond donors (Lipinski definition) is 0. The molecule has 3 aromatic rings. The largest absolute Gasteiger partial charge is 0.488 e. The molecule has 4 rings (SSSR count). The van der Waals surface area contributed by atoms with Crippen molar-refractivity contribution in [2.45, 2.75) is 13.5 Å². The van der Waals surface area contributed by atoms with Crippen LogP contribution in [0.4, 0.5) is 0 Å². The van der Waals surface area contributed by atoms with Crippen LogP contribution in [0, 0.1) is 6.92 Å². The maximum Gasteiger partial charge on any atom is 0.231 e. The van der Waals surface area contributed by atoms with Gasteiger partial charge in [0.1, 0.15) is 18.1 Å². The summed E-state index contributed by atoms with van der Waals surface area (Å²) in [6, 6.07) is 18.3. The minimum Gasteiger partial charge on any atom is -0.488 e. The third-order valence-corrected chi connectivity index (χ3v) is 5.28. The van der Waals surface area contributed by atoms with Crippen LogP contribution in [0.2, 0.25) is 10.0 Å². The number of fused-ring (bicyclic) bond motifs is 1. The smallest absolute Gasteiger partial charge is 0.231 e. The van der Waals surface area contributed by atoms with Gasteiger partial charge >= 0.3 is 0 Å². The van der Waals surface area contributed by atoms with Crippen LogP contribution in [0.15, 0.2) is 66.4 Å². The zero-order valence-electron chi connectivity index (χ0n) is 15.0. The molecule has 0 aliphatic carbocycles. The van der Waals surface area contributed by atoms with E-state index >= 15 is 0 Å². The Morgan fingerprint density at radius 3 is 2.43 bits per heavy atom. The minimum atomic E-state index is -0.171. The molecule has 1 heterocycles. The van der Waals surface area contributed by atoms with Crippen LogP contribution >= 0.6 is 23.2 Å². The number of benzene rings is 3. The summed E-state index contributed by atoms with van der Waals surface area (Å²) in [5, 5.41) is 1.21. The highest BCUT2D eigenvalue weighted by Crippen LogP contribution is 2.40. The van der Waals surface area contributed by atoms with Crippen molar-refractivity contribution in [2.75, 3.05) is 0 Å². The number of halogens is 2. The molecule has 140 valence electrons. The van der Waals surface area contributed by atoms with E-state index in [9.17, 15) is 4.79 Å². The highest BCUT2D eigenvalue weighted by Gasteiger charge is 2.30. The van der Waals surface area contributed by atoms with E-state index in [-0.39, 0.29) is 11.5 Å². The van der Waals surface area contributed by atoms with E-state index in [0.29, 0.717) is 33.7 Å². The van der Waals surface area contributed by atoms with E-state index < -0.39 is 0 Å². The molecule has 3 nitrogen and oxygen atoms in total. The lowest BCUT2D eigenvalue weighted by Crippen LogP contribution is -1.99. The molecule has 1 aliphatic heterocycles. The normalized spacial score (nSPS) is 14.1. The van der Waals surface area contributed by atoms with Gasteiger partial charge in [0.25, 0.3) is 0 Å². The molecule has 28 heavy (non-hydrogen) atoms. The summed E-state index contributed by atoms with van der Waals surface area (Å²) < 4.78 is 11.8. The van der Waals surface area contributed by atoms with Gasteiger partial charge in [-0.2, -0.15) is 0 Å². The first-order valence-corrected chi connectivity index (χ1v) is 9.49. The van der Waals surface area contributed by atoms with Crippen LogP contribution in [0.5, 0.6) is 11.5 Å². The molecule has 0 fully saturated rings. The first-order valence-electron chi connectivity index (χ1n) is 8.73. The second kappa shape index (κ2) is 7.70. The Morgan fingerprint density at radius 1 is 0.964 bits per heavy atom. The number of allylic oxidation sites excluding steroid dienone is 1. The number of Topliss-reactive ketones (excluding diaryl/α,β-unsaturated/α-hetero) is 1. The molecular formula is C23H16Cl2O3. The van der Waals surface area contributed by atoms with E-state index in [4.69, 9.17) is 32.7 Å². The molecular weight excluding hydrogens is 395 g/mol. The number of ketones is 1. The van der Waals surface area contributed by atoms with Crippen molar-refractivity contribution in [1.29, 1.82) is 0 Å². The Labute approximate surface area is 173 Å². The van der Waals surface area contributed by atoms with Crippen LogP contribution in [-0.2, 0) is 6.61 Å². The lowest BCUT2D eigenvalue weighted by Gasteiger charge is -2.12. The van der Waals surface area contributed by atoms with Gasteiger partial charge in [0, 0.05) is 21.2 Å². The third kappa shape index (κ3) is 3.51. The van der Waals surface area contributed by atoms with Crippen LogP contribution in [0.25, 0.3) is 6.08 Å². The van der Waals surface area contributed by atoms with Gasteiger partial charge in [0.05, 0.1) is 5.56 Å². The molecule has 0 radical (unpaired) electrons. The van der Waals surface area contributed by atoms with E-state index in [1.807, 2.05) is 49.4 Å². The fourth-order valence-electron chi connectivity index (χ4n) is 3.03. The fourth-order valence-corrected chi connectivity index (χ4v) is 3.41. The first-order chi connectivity index (χ1) is 13.5. The fraction of sp³-hybridized carbons (Fsp3) is 0.0870. The Bertz CT molecular complexity index is 1100. The van der Waals surface area contributed by atoms with E-state index in [2.05, 4.69) is 0 Å². The number of carbonyl (C=O) groups is 1. The Morgan fingerprint density at radius 2 is 1.68 bits per heavy atom. The predicted molar refractivity (Wildman–Crippen MR) is 111 cm³/mol. The van der Waals surface area contributed by atoms with Crippen molar-refractivity contribution in [3.8, 4) is 11.5 Å². The zero-order chi connectivity index (χ0) is 19.7. The Balaban J connectivity index is 1.60. The number of carbonyl (C=O) groups excluding carboxylic acids is 1. The van der Waals surface area contributed by atoms with Crippen LogP contribution in [0.1, 0.15) is 27.0 Å². The van der Waals surface area contributed by atoms with E-state index in [1.165, 1.54) is 0 Å². The number of hydrogen-bond acceptors (Lipinski definition) is 3. The van der Waals surface area contributed by atoms with E-state index in [1.54, 1.807) is 24.3 Å². The molecule has 0 amide bonds. The summed E-state index contributed by atoms with van der Waals surface area (Å²) in [6.07, 6.45) is 1.66. The van der Waals surface area contributed by atoms with Crippen molar-refractivity contribution >= 4 is 35.1 Å². The average molecular weight is 411 g/mol. The van der Waals surface area contributed by atoms with Gasteiger partial charge in [-0.25, -0.2) is 0 Å². The van der Waals surface area contributed by atoms with Crippen molar-refractivity contribution in [2.24, 2.45) is 0 Å². The van der Waals surface area contributed by atoms with Gasteiger partial charge in [0.2, 0.25) is 5.78 Å². The molecule has 0 N–H and O–H groups in total. The van der Waals surface area contributed by atoms with Gasteiger partial charge in [-0.1, -0.05) is 59.6 Å². The number of ether oxygens (including phenoxy) is 2. The standard InChI is InChI=1S/C23H16Cl2O3/c1-14-20(27-13-16-7-3-5-9-19(16)25)11-10-17-22(26)21(28-23(14)17)12-15-6-2-4-8-18(15)24/h2-12H,13H2,1H3/b21-12-. The molecule has 0 saturated heterocycles. The summed E-state index contributed by atoms with van der Waals surface area (Å²) in [7, 11) is 0. The molecule has 0 bridgehead atoms. The first kappa shape index (κ1) is 18.6. The summed E-state index contributed by atoms with van der Waals surface area (Å²) >= 11 is 12.4. The van der Waals surface area contributed by atoms with Crippen LogP contribution < -0.4 is 9.47 Å². The van der Waals surface area contributed by atoms with Gasteiger partial charge in [0.15, 0.2) is 5.76 Å².